The van der Waals surface area contributed by atoms with Crippen molar-refractivity contribution in [1.29, 1.82) is 0 Å². The highest BCUT2D eigenvalue weighted by Gasteiger charge is 2.02. The van der Waals surface area contributed by atoms with Gasteiger partial charge in [0.1, 0.15) is 5.82 Å². The first kappa shape index (κ1) is 23.4. The summed E-state index contributed by atoms with van der Waals surface area (Å²) in [6, 6.07) is 22.7. The molecule has 0 spiro atoms. The molecule has 0 aromatic heterocycles. The maximum atomic E-state index is 13.0. The number of ketones is 1. The standard InChI is InChI=1S/C30H31FO/c1-23(2)27-16-13-25(14-17-27)8-6-4-3-5-7-24-9-11-26(12-10-24)15-22-30(32)28-18-20-29(31)21-19-28/h9-22H,1,3-8H2,2H3. The molecule has 3 aromatic carbocycles. The molecule has 3 aromatic rings. The van der Waals surface area contributed by atoms with Crippen LogP contribution in [-0.4, -0.2) is 5.78 Å². The highest BCUT2D eigenvalue weighted by atomic mass is 19.1. The van der Waals surface area contributed by atoms with Crippen LogP contribution < -0.4 is 0 Å². The van der Waals surface area contributed by atoms with E-state index in [9.17, 15) is 9.18 Å². The number of benzene rings is 3. The lowest BCUT2D eigenvalue weighted by atomic mass is 10.0. The first-order chi connectivity index (χ1) is 15.5. The third-order valence-corrected chi connectivity index (χ3v) is 5.66. The quantitative estimate of drug-likeness (QED) is 0.172. The maximum Gasteiger partial charge on any atom is 0.185 e. The van der Waals surface area contributed by atoms with Crippen LogP contribution in [0.4, 0.5) is 4.39 Å². The van der Waals surface area contributed by atoms with E-state index in [2.05, 4.69) is 43.0 Å². The Morgan fingerprint density at radius 1 is 0.750 bits per heavy atom. The molecule has 0 fully saturated rings. The van der Waals surface area contributed by atoms with Gasteiger partial charge in [0.25, 0.3) is 0 Å². The minimum atomic E-state index is -0.338. The second-order valence-corrected chi connectivity index (χ2v) is 8.34. The number of carbonyl (C=O) groups is 1. The molecule has 0 heterocycles. The van der Waals surface area contributed by atoms with E-state index >= 15 is 0 Å². The Labute approximate surface area is 191 Å². The van der Waals surface area contributed by atoms with Gasteiger partial charge in [0, 0.05) is 5.56 Å². The highest BCUT2D eigenvalue weighted by Crippen LogP contribution is 2.16. The molecular weight excluding hydrogens is 395 g/mol. The summed E-state index contributed by atoms with van der Waals surface area (Å²) in [6.07, 6.45) is 10.4. The molecule has 0 aliphatic rings. The Kier molecular flexibility index (Phi) is 8.74. The minimum Gasteiger partial charge on any atom is -0.289 e. The van der Waals surface area contributed by atoms with Gasteiger partial charge >= 0.3 is 0 Å². The zero-order chi connectivity index (χ0) is 22.8. The molecule has 0 bridgehead atoms. The predicted molar refractivity (Wildman–Crippen MR) is 133 cm³/mol. The molecule has 164 valence electrons. The molecule has 0 saturated carbocycles. The second kappa shape index (κ2) is 12.0. The van der Waals surface area contributed by atoms with E-state index < -0.39 is 0 Å². The van der Waals surface area contributed by atoms with Crippen LogP contribution >= 0.6 is 0 Å². The van der Waals surface area contributed by atoms with Crippen LogP contribution in [-0.2, 0) is 12.8 Å². The van der Waals surface area contributed by atoms with Crippen LogP contribution in [0.15, 0.2) is 85.5 Å². The van der Waals surface area contributed by atoms with Gasteiger partial charge in [0.15, 0.2) is 5.78 Å². The molecule has 0 N–H and O–H groups in total. The van der Waals surface area contributed by atoms with E-state index in [1.165, 1.54) is 72.7 Å². The maximum absolute atomic E-state index is 13.0. The summed E-state index contributed by atoms with van der Waals surface area (Å²) in [5, 5.41) is 0. The number of allylic oxidation sites excluding steroid dienone is 2. The average molecular weight is 427 g/mol. The smallest absolute Gasteiger partial charge is 0.185 e. The number of unbranched alkanes of at least 4 members (excludes halogenated alkanes) is 3. The van der Waals surface area contributed by atoms with Crippen LogP contribution in [0.5, 0.6) is 0 Å². The van der Waals surface area contributed by atoms with E-state index in [0.717, 1.165) is 24.0 Å². The van der Waals surface area contributed by atoms with E-state index in [-0.39, 0.29) is 11.6 Å². The summed E-state index contributed by atoms with van der Waals surface area (Å²) in [4.78, 5) is 12.1. The van der Waals surface area contributed by atoms with Crippen molar-refractivity contribution in [3.05, 3.63) is 119 Å². The average Bonchev–Trinajstić information content (AvgIpc) is 2.81. The molecule has 0 unspecified atom stereocenters. The first-order valence-corrected chi connectivity index (χ1v) is 11.3. The van der Waals surface area contributed by atoms with Gasteiger partial charge in [-0.05, 0) is 85.2 Å². The van der Waals surface area contributed by atoms with Gasteiger partial charge in [-0.3, -0.25) is 4.79 Å². The van der Waals surface area contributed by atoms with Gasteiger partial charge in [-0.2, -0.15) is 0 Å². The Hall–Kier alpha value is -3.26. The molecule has 3 rings (SSSR count). The minimum absolute atomic E-state index is 0.124. The van der Waals surface area contributed by atoms with E-state index in [0.29, 0.717) is 5.56 Å². The van der Waals surface area contributed by atoms with Crippen molar-refractivity contribution < 1.29 is 9.18 Å². The van der Waals surface area contributed by atoms with Gasteiger partial charge < -0.3 is 0 Å². The van der Waals surface area contributed by atoms with Crippen molar-refractivity contribution in [2.24, 2.45) is 0 Å². The second-order valence-electron chi connectivity index (χ2n) is 8.34. The lowest BCUT2D eigenvalue weighted by Crippen LogP contribution is -1.93. The summed E-state index contributed by atoms with van der Waals surface area (Å²) in [5.74, 6) is -0.462. The zero-order valence-electron chi connectivity index (χ0n) is 18.8. The molecule has 2 heteroatoms. The summed E-state index contributed by atoms with van der Waals surface area (Å²) in [6.45, 7) is 6.02. The van der Waals surface area contributed by atoms with Crippen molar-refractivity contribution in [1.82, 2.24) is 0 Å². The fourth-order valence-electron chi connectivity index (χ4n) is 3.65. The Balaban J connectivity index is 1.35. The van der Waals surface area contributed by atoms with Crippen LogP contribution in [0.25, 0.3) is 11.6 Å². The lowest BCUT2D eigenvalue weighted by molar-refractivity contribution is 0.104. The topological polar surface area (TPSA) is 17.1 Å². The van der Waals surface area contributed by atoms with Crippen molar-refractivity contribution in [3.63, 3.8) is 0 Å². The summed E-state index contributed by atoms with van der Waals surface area (Å²) >= 11 is 0. The number of carbonyl (C=O) groups excluding carboxylic acids is 1. The largest absolute Gasteiger partial charge is 0.289 e. The molecule has 1 nitrogen and oxygen atoms in total. The van der Waals surface area contributed by atoms with Crippen molar-refractivity contribution in [2.75, 3.05) is 0 Å². The third-order valence-electron chi connectivity index (χ3n) is 5.66. The van der Waals surface area contributed by atoms with Crippen LogP contribution in [0, 0.1) is 5.82 Å². The van der Waals surface area contributed by atoms with Gasteiger partial charge in [0.05, 0.1) is 0 Å². The molecule has 0 aliphatic heterocycles. The molecule has 0 amide bonds. The normalized spacial score (nSPS) is 11.1. The summed E-state index contributed by atoms with van der Waals surface area (Å²) in [5.41, 5.74) is 6.53. The third kappa shape index (κ3) is 7.46. The van der Waals surface area contributed by atoms with Crippen molar-refractivity contribution in [3.8, 4) is 0 Å². The molecule has 0 radical (unpaired) electrons. The van der Waals surface area contributed by atoms with Gasteiger partial charge in [-0.15, -0.1) is 0 Å². The SMILES string of the molecule is C=C(C)c1ccc(CCCCCCc2ccc(C=CC(=O)c3ccc(F)cc3)cc2)cc1. The van der Waals surface area contributed by atoms with Gasteiger partial charge in [0.2, 0.25) is 0 Å². The first-order valence-electron chi connectivity index (χ1n) is 11.3. The Morgan fingerprint density at radius 3 is 1.78 bits per heavy atom. The number of hydrogen-bond donors (Lipinski definition) is 0. The molecular formula is C30H31FO. The zero-order valence-corrected chi connectivity index (χ0v) is 18.8. The fourth-order valence-corrected chi connectivity index (χ4v) is 3.65. The van der Waals surface area contributed by atoms with E-state index in [1.54, 1.807) is 6.08 Å². The fraction of sp³-hybridized carbons (Fsp3) is 0.233. The van der Waals surface area contributed by atoms with Crippen molar-refractivity contribution >= 4 is 17.4 Å². The lowest BCUT2D eigenvalue weighted by Gasteiger charge is -2.05. The van der Waals surface area contributed by atoms with Crippen molar-refractivity contribution in [2.45, 2.75) is 45.4 Å². The summed E-state index contributed by atoms with van der Waals surface area (Å²) in [7, 11) is 0. The Morgan fingerprint density at radius 2 is 1.25 bits per heavy atom. The van der Waals surface area contributed by atoms with Crippen LogP contribution in [0.3, 0.4) is 0 Å². The van der Waals surface area contributed by atoms with E-state index in [1.807, 2.05) is 19.1 Å². The number of aryl methyl sites for hydroxylation is 2. The molecule has 0 atom stereocenters. The van der Waals surface area contributed by atoms with E-state index in [4.69, 9.17) is 0 Å². The molecule has 0 aliphatic carbocycles. The number of rotatable bonds is 11. The monoisotopic (exact) mass is 426 g/mol. The van der Waals surface area contributed by atoms with Crippen LogP contribution in [0.2, 0.25) is 0 Å². The van der Waals surface area contributed by atoms with Gasteiger partial charge in [-0.25, -0.2) is 4.39 Å². The number of halogens is 1. The summed E-state index contributed by atoms with van der Waals surface area (Å²) < 4.78 is 13.0. The molecule has 32 heavy (non-hydrogen) atoms. The van der Waals surface area contributed by atoms with Gasteiger partial charge in [-0.1, -0.05) is 79.6 Å². The highest BCUT2D eigenvalue weighted by molar-refractivity contribution is 6.06. The van der Waals surface area contributed by atoms with Crippen LogP contribution in [0.1, 0.15) is 65.2 Å². The molecule has 0 saturated heterocycles. The predicted octanol–water partition coefficient (Wildman–Crippen LogP) is 8.10. The number of hydrogen-bond acceptors (Lipinski definition) is 1. The Bertz CT molecular complexity index is 1040.